The smallest absolute Gasteiger partial charge is 0.338 e. The highest BCUT2D eigenvalue weighted by molar-refractivity contribution is 6.30. The molecule has 0 spiro atoms. The molecule has 334 valence electrons. The van der Waals surface area contributed by atoms with Gasteiger partial charge in [-0.25, -0.2) is 9.59 Å². The largest absolute Gasteiger partial charge is 0.459 e. The summed E-state index contributed by atoms with van der Waals surface area (Å²) in [6.45, 7) is 1.06. The molecule has 14 nitrogen and oxygen atoms in total. The molecular weight excluding hydrogens is 846 g/mol. The number of ether oxygens (including phenoxy) is 9. The van der Waals surface area contributed by atoms with Gasteiger partial charge < -0.3 is 53.1 Å². The third-order valence-corrected chi connectivity index (χ3v) is 11.2. The number of rotatable bonds is 15. The third-order valence-electron chi connectivity index (χ3n) is 10.9. The molecule has 64 heavy (non-hydrogen) atoms. The van der Waals surface area contributed by atoms with Gasteiger partial charge >= 0.3 is 11.9 Å². The van der Waals surface area contributed by atoms with E-state index in [1.165, 1.54) is 31.2 Å². The van der Waals surface area contributed by atoms with E-state index >= 15 is 0 Å². The zero-order chi connectivity index (χ0) is 44.4. The number of hydrogen-bond acceptors (Lipinski definition) is 13. The van der Waals surface area contributed by atoms with Crippen molar-refractivity contribution in [3.05, 3.63) is 178 Å². The van der Waals surface area contributed by atoms with Crippen LogP contribution in [0.3, 0.4) is 0 Å². The van der Waals surface area contributed by atoms with Crippen molar-refractivity contribution in [3.8, 4) is 0 Å². The van der Waals surface area contributed by atoms with Crippen LogP contribution in [0.5, 0.6) is 0 Å². The van der Waals surface area contributed by atoms with Crippen molar-refractivity contribution in [2.75, 3.05) is 13.2 Å². The fourth-order valence-electron chi connectivity index (χ4n) is 7.78. The maximum atomic E-state index is 13.8. The van der Waals surface area contributed by atoms with E-state index in [2.05, 4.69) is 5.32 Å². The second-order valence-corrected chi connectivity index (χ2v) is 15.9. The molecule has 0 radical (unpaired) electrons. The van der Waals surface area contributed by atoms with E-state index < -0.39 is 85.5 Å². The van der Waals surface area contributed by atoms with Crippen LogP contribution in [-0.2, 0) is 60.6 Å². The van der Waals surface area contributed by atoms with Crippen LogP contribution in [0.1, 0.15) is 50.6 Å². The number of aliphatic hydroxyl groups excluding tert-OH is 1. The maximum absolute atomic E-state index is 13.8. The molecule has 5 aromatic carbocycles. The number of carbonyl (C=O) groups is 3. The lowest BCUT2D eigenvalue weighted by Crippen LogP contribution is -2.69. The summed E-state index contributed by atoms with van der Waals surface area (Å²) in [5.74, 6) is -1.87. The van der Waals surface area contributed by atoms with Crippen molar-refractivity contribution in [1.29, 1.82) is 0 Å². The van der Waals surface area contributed by atoms with Crippen LogP contribution in [0, 0.1) is 0 Å². The molecule has 3 fully saturated rings. The molecular formula is C49H48ClNO13. The fraction of sp³-hybridized carbons (Fsp3) is 0.327. The predicted octanol–water partition coefficient (Wildman–Crippen LogP) is 6.34. The molecule has 5 aromatic rings. The number of esters is 2. The van der Waals surface area contributed by atoms with Gasteiger partial charge in [0.15, 0.2) is 25.0 Å². The Kier molecular flexibility index (Phi) is 15.1. The number of fused-ring (bicyclic) bond motifs is 1. The summed E-state index contributed by atoms with van der Waals surface area (Å²) in [6, 6.07) is 41.4. The minimum atomic E-state index is -1.53. The first-order valence-electron chi connectivity index (χ1n) is 20.9. The van der Waals surface area contributed by atoms with Crippen LogP contribution in [0.2, 0.25) is 5.02 Å². The SMILES string of the molecule is CC(=O)N[C@H]1[C@@H](OCc2ccccc2)O[C@H](COC(=O)c2ccccc2)[C@@H](O[C@@H]2O[C@@H]3COC(c4ccccc4)O[C@@H]3[C@H](O)[C@H]2OC(=O)c2ccc(Cl)cc2)[C@@H]1OCc1ccccc1. The van der Waals surface area contributed by atoms with Gasteiger partial charge in [-0.1, -0.05) is 121 Å². The number of nitrogens with one attached hydrogen (secondary N) is 1. The van der Waals surface area contributed by atoms with Crippen molar-refractivity contribution in [3.63, 3.8) is 0 Å². The van der Waals surface area contributed by atoms with Crippen LogP contribution < -0.4 is 5.32 Å². The van der Waals surface area contributed by atoms with Gasteiger partial charge in [0, 0.05) is 17.5 Å². The molecule has 2 N–H and O–H groups in total. The second-order valence-electron chi connectivity index (χ2n) is 15.5. The van der Waals surface area contributed by atoms with Crippen molar-refractivity contribution in [2.24, 2.45) is 0 Å². The Labute approximate surface area is 375 Å². The Morgan fingerprint density at radius 3 is 1.91 bits per heavy atom. The average Bonchev–Trinajstić information content (AvgIpc) is 3.32. The summed E-state index contributed by atoms with van der Waals surface area (Å²) in [5.41, 5.74) is 2.78. The van der Waals surface area contributed by atoms with E-state index in [1.807, 2.05) is 91.0 Å². The van der Waals surface area contributed by atoms with Gasteiger partial charge in [-0.2, -0.15) is 0 Å². The van der Waals surface area contributed by atoms with Crippen LogP contribution >= 0.6 is 11.6 Å². The van der Waals surface area contributed by atoms with Crippen LogP contribution in [0.15, 0.2) is 146 Å². The van der Waals surface area contributed by atoms with Gasteiger partial charge in [-0.15, -0.1) is 0 Å². The Morgan fingerprint density at radius 1 is 0.672 bits per heavy atom. The Balaban J connectivity index is 1.15. The average molecular weight is 894 g/mol. The number of halogens is 1. The number of amides is 1. The Morgan fingerprint density at radius 2 is 1.27 bits per heavy atom. The second kappa shape index (κ2) is 21.4. The topological polar surface area (TPSA) is 167 Å². The molecule has 11 atom stereocenters. The first-order chi connectivity index (χ1) is 31.2. The fourth-order valence-corrected chi connectivity index (χ4v) is 7.91. The zero-order valence-corrected chi connectivity index (χ0v) is 35.5. The molecule has 0 bridgehead atoms. The minimum Gasteiger partial charge on any atom is -0.459 e. The van der Waals surface area contributed by atoms with E-state index in [-0.39, 0.29) is 32.0 Å². The van der Waals surface area contributed by atoms with E-state index in [9.17, 15) is 19.5 Å². The molecule has 3 aliphatic heterocycles. The van der Waals surface area contributed by atoms with Crippen molar-refractivity contribution in [1.82, 2.24) is 5.32 Å². The quantitative estimate of drug-likeness (QED) is 0.112. The summed E-state index contributed by atoms with van der Waals surface area (Å²) in [7, 11) is 0. The van der Waals surface area contributed by atoms with E-state index in [0.29, 0.717) is 16.1 Å². The number of aliphatic hydroxyl groups is 1. The van der Waals surface area contributed by atoms with Gasteiger partial charge in [0.2, 0.25) is 5.91 Å². The van der Waals surface area contributed by atoms with Crippen LogP contribution in [0.4, 0.5) is 0 Å². The Hall–Kier alpha value is -5.52. The molecule has 3 aliphatic rings. The van der Waals surface area contributed by atoms with Gasteiger partial charge in [0.1, 0.15) is 49.3 Å². The Bertz CT molecular complexity index is 2270. The highest BCUT2D eigenvalue weighted by Crippen LogP contribution is 2.38. The van der Waals surface area contributed by atoms with E-state index in [1.54, 1.807) is 30.3 Å². The molecule has 3 saturated heterocycles. The summed E-state index contributed by atoms with van der Waals surface area (Å²) < 4.78 is 57.5. The zero-order valence-electron chi connectivity index (χ0n) is 34.8. The van der Waals surface area contributed by atoms with Crippen molar-refractivity contribution >= 4 is 29.4 Å². The summed E-state index contributed by atoms with van der Waals surface area (Å²) in [4.78, 5) is 40.3. The lowest BCUT2D eigenvalue weighted by atomic mass is 9.94. The number of carbonyl (C=O) groups excluding carboxylic acids is 3. The molecule has 1 unspecified atom stereocenters. The monoisotopic (exact) mass is 893 g/mol. The molecule has 8 rings (SSSR count). The first-order valence-corrected chi connectivity index (χ1v) is 21.3. The molecule has 15 heteroatoms. The highest BCUT2D eigenvalue weighted by Gasteiger charge is 2.56. The number of benzene rings is 5. The van der Waals surface area contributed by atoms with Gasteiger partial charge in [-0.3, -0.25) is 4.79 Å². The first kappa shape index (κ1) is 45.1. The third kappa shape index (κ3) is 11.2. The normalized spacial score (nSPS) is 27.7. The van der Waals surface area contributed by atoms with Crippen molar-refractivity contribution < 1.29 is 62.1 Å². The van der Waals surface area contributed by atoms with Crippen LogP contribution in [-0.4, -0.2) is 97.5 Å². The standard InChI is InChI=1S/C49H48ClNO13/c1-30(52)51-39-43(56-26-31-14-6-2-7-15-31)42(38(28-57-45(54)33-18-10-4-11-19-33)60-48(39)58-27-32-16-8-3-9-17-32)64-49-44(62-46(55)34-22-24-36(50)25-23-34)40(53)41-37(61-49)29-59-47(63-41)35-20-12-5-13-21-35/h2-25,37-44,47-49,53H,26-29H2,1H3,(H,51,52)/t37-,38-,39-,40+,41+,42-,43-,44-,47?,48+,49+/m1/s1. The lowest BCUT2D eigenvalue weighted by molar-refractivity contribution is -0.382. The van der Waals surface area contributed by atoms with Gasteiger partial charge in [-0.05, 0) is 47.5 Å². The predicted molar refractivity (Wildman–Crippen MR) is 229 cm³/mol. The highest BCUT2D eigenvalue weighted by atomic mass is 35.5. The molecule has 0 aromatic heterocycles. The summed E-state index contributed by atoms with van der Waals surface area (Å²) in [5, 5.41) is 15.6. The van der Waals surface area contributed by atoms with Gasteiger partial charge in [0.05, 0.1) is 30.9 Å². The molecule has 0 aliphatic carbocycles. The summed E-state index contributed by atoms with van der Waals surface area (Å²) >= 11 is 6.13. The molecule has 0 saturated carbocycles. The van der Waals surface area contributed by atoms with Crippen molar-refractivity contribution in [2.45, 2.75) is 87.8 Å². The van der Waals surface area contributed by atoms with Crippen LogP contribution in [0.25, 0.3) is 0 Å². The molecule has 3 heterocycles. The summed E-state index contributed by atoms with van der Waals surface area (Å²) in [6.07, 6.45) is -12.1. The lowest BCUT2D eigenvalue weighted by Gasteiger charge is -2.50. The van der Waals surface area contributed by atoms with E-state index in [4.69, 9.17) is 54.2 Å². The van der Waals surface area contributed by atoms with E-state index in [0.717, 1.165) is 11.1 Å². The minimum absolute atomic E-state index is 0.0316. The number of hydrogen-bond donors (Lipinski definition) is 2. The molecule has 1 amide bonds. The van der Waals surface area contributed by atoms with Gasteiger partial charge in [0.25, 0.3) is 0 Å². The maximum Gasteiger partial charge on any atom is 0.338 e.